The van der Waals surface area contributed by atoms with Crippen LogP contribution in [0, 0.1) is 13.8 Å². The summed E-state index contributed by atoms with van der Waals surface area (Å²) < 4.78 is 5.70. The minimum absolute atomic E-state index is 0.636. The molecule has 1 rings (SSSR count). The van der Waals surface area contributed by atoms with Gasteiger partial charge in [0.15, 0.2) is 0 Å². The molecule has 20 heavy (non-hydrogen) atoms. The summed E-state index contributed by atoms with van der Waals surface area (Å²) in [5, 5.41) is 0. The molecule has 0 radical (unpaired) electrons. The van der Waals surface area contributed by atoms with Crippen LogP contribution in [-0.4, -0.2) is 6.61 Å². The van der Waals surface area contributed by atoms with E-state index in [2.05, 4.69) is 52.0 Å². The zero-order valence-corrected chi connectivity index (χ0v) is 13.8. The third-order valence-electron chi connectivity index (χ3n) is 3.76. The van der Waals surface area contributed by atoms with Gasteiger partial charge < -0.3 is 4.74 Å². The highest BCUT2D eigenvalue weighted by atomic mass is 16.5. The van der Waals surface area contributed by atoms with Gasteiger partial charge in [-0.1, -0.05) is 38.5 Å². The first kappa shape index (κ1) is 16.8. The van der Waals surface area contributed by atoms with Gasteiger partial charge in [0.25, 0.3) is 0 Å². The van der Waals surface area contributed by atoms with Crippen LogP contribution in [0.15, 0.2) is 24.3 Å². The van der Waals surface area contributed by atoms with E-state index in [0.29, 0.717) is 5.92 Å². The average Bonchev–Trinajstić information content (AvgIpc) is 2.42. The van der Waals surface area contributed by atoms with E-state index in [9.17, 15) is 0 Å². The highest BCUT2D eigenvalue weighted by Gasteiger charge is 2.14. The fourth-order valence-corrected chi connectivity index (χ4v) is 2.74. The van der Waals surface area contributed by atoms with Crippen molar-refractivity contribution >= 4 is 0 Å². The van der Waals surface area contributed by atoms with Gasteiger partial charge in [0.05, 0.1) is 6.61 Å². The van der Waals surface area contributed by atoms with Crippen molar-refractivity contribution in [3.05, 3.63) is 41.0 Å². The molecule has 1 heteroatoms. The topological polar surface area (TPSA) is 9.23 Å². The zero-order valence-electron chi connectivity index (χ0n) is 13.8. The first-order valence-corrected chi connectivity index (χ1v) is 8.02. The molecule has 0 N–H and O–H groups in total. The third-order valence-corrected chi connectivity index (χ3v) is 3.76. The maximum absolute atomic E-state index is 5.70. The standard InChI is InChI=1S/C19H30O/c1-6-9-10-12-17(11-7-2)18-13-16(5)19(20-8-3)14-15(18)4/h9-10,13-14,17H,6-8,11-12H2,1-5H3/b10-9-. The van der Waals surface area contributed by atoms with Crippen molar-refractivity contribution in [3.8, 4) is 5.75 Å². The van der Waals surface area contributed by atoms with Crippen molar-refractivity contribution in [2.24, 2.45) is 0 Å². The molecule has 0 fully saturated rings. The lowest BCUT2D eigenvalue weighted by Crippen LogP contribution is -2.03. The van der Waals surface area contributed by atoms with Crippen LogP contribution in [0.4, 0.5) is 0 Å². The molecule has 0 heterocycles. The molecular weight excluding hydrogens is 244 g/mol. The Labute approximate surface area is 125 Å². The van der Waals surface area contributed by atoms with E-state index in [-0.39, 0.29) is 0 Å². The van der Waals surface area contributed by atoms with Gasteiger partial charge in [-0.25, -0.2) is 0 Å². The Hall–Kier alpha value is -1.24. The molecule has 0 aliphatic rings. The summed E-state index contributed by atoms with van der Waals surface area (Å²) in [6.45, 7) is 11.6. The highest BCUT2D eigenvalue weighted by Crippen LogP contribution is 2.32. The smallest absolute Gasteiger partial charge is 0.122 e. The minimum atomic E-state index is 0.636. The molecule has 1 aromatic carbocycles. The van der Waals surface area contributed by atoms with E-state index >= 15 is 0 Å². The molecule has 0 saturated carbocycles. The van der Waals surface area contributed by atoms with E-state index in [4.69, 9.17) is 4.74 Å². The van der Waals surface area contributed by atoms with Gasteiger partial charge in [-0.15, -0.1) is 0 Å². The Morgan fingerprint density at radius 2 is 1.80 bits per heavy atom. The minimum Gasteiger partial charge on any atom is -0.494 e. The van der Waals surface area contributed by atoms with Gasteiger partial charge in [-0.2, -0.15) is 0 Å². The molecule has 0 aliphatic carbocycles. The summed E-state index contributed by atoms with van der Waals surface area (Å²) in [7, 11) is 0. The summed E-state index contributed by atoms with van der Waals surface area (Å²) in [6, 6.07) is 4.54. The van der Waals surface area contributed by atoms with Crippen molar-refractivity contribution < 1.29 is 4.74 Å². The Bertz CT molecular complexity index is 432. The Balaban J connectivity index is 3.00. The fraction of sp³-hybridized carbons (Fsp3) is 0.579. The number of hydrogen-bond acceptors (Lipinski definition) is 1. The van der Waals surface area contributed by atoms with Crippen LogP contribution in [0.3, 0.4) is 0 Å². The molecule has 0 saturated heterocycles. The molecule has 0 aromatic heterocycles. The Kier molecular flexibility index (Phi) is 7.43. The summed E-state index contributed by atoms with van der Waals surface area (Å²) in [6.07, 6.45) is 9.37. The number of ether oxygens (including phenoxy) is 1. The molecule has 1 aromatic rings. The van der Waals surface area contributed by atoms with Crippen LogP contribution in [0.25, 0.3) is 0 Å². The number of aryl methyl sites for hydroxylation is 2. The van der Waals surface area contributed by atoms with Crippen molar-refractivity contribution in [1.29, 1.82) is 0 Å². The maximum Gasteiger partial charge on any atom is 0.122 e. The van der Waals surface area contributed by atoms with E-state index in [1.165, 1.54) is 29.5 Å². The molecule has 1 unspecified atom stereocenters. The lowest BCUT2D eigenvalue weighted by atomic mass is 9.87. The van der Waals surface area contributed by atoms with Crippen LogP contribution >= 0.6 is 0 Å². The summed E-state index contributed by atoms with van der Waals surface area (Å²) in [5.41, 5.74) is 4.11. The molecule has 1 atom stereocenters. The van der Waals surface area contributed by atoms with E-state index in [1.54, 1.807) is 0 Å². The molecule has 0 aliphatic heterocycles. The largest absolute Gasteiger partial charge is 0.494 e. The van der Waals surface area contributed by atoms with Crippen LogP contribution in [0.5, 0.6) is 5.75 Å². The third kappa shape index (κ3) is 4.70. The Morgan fingerprint density at radius 3 is 2.40 bits per heavy atom. The first-order valence-electron chi connectivity index (χ1n) is 8.02. The lowest BCUT2D eigenvalue weighted by molar-refractivity contribution is 0.337. The lowest BCUT2D eigenvalue weighted by Gasteiger charge is -2.20. The van der Waals surface area contributed by atoms with E-state index < -0.39 is 0 Å². The molecule has 0 spiro atoms. The summed E-state index contributed by atoms with van der Waals surface area (Å²) >= 11 is 0. The van der Waals surface area contributed by atoms with Gasteiger partial charge in [0, 0.05) is 0 Å². The molecule has 1 nitrogen and oxygen atoms in total. The maximum atomic E-state index is 5.70. The van der Waals surface area contributed by atoms with Gasteiger partial charge in [0.1, 0.15) is 5.75 Å². The number of benzene rings is 1. The van der Waals surface area contributed by atoms with Crippen molar-refractivity contribution in [2.75, 3.05) is 6.61 Å². The van der Waals surface area contributed by atoms with Crippen molar-refractivity contribution in [1.82, 2.24) is 0 Å². The molecular formula is C19H30O. The average molecular weight is 274 g/mol. The second-order valence-corrected chi connectivity index (χ2v) is 5.51. The second-order valence-electron chi connectivity index (χ2n) is 5.51. The predicted molar refractivity (Wildman–Crippen MR) is 88.8 cm³/mol. The molecule has 112 valence electrons. The van der Waals surface area contributed by atoms with Gasteiger partial charge in [-0.3, -0.25) is 0 Å². The van der Waals surface area contributed by atoms with E-state index in [1.807, 2.05) is 6.92 Å². The zero-order chi connectivity index (χ0) is 15.0. The van der Waals surface area contributed by atoms with Crippen molar-refractivity contribution in [3.63, 3.8) is 0 Å². The first-order chi connectivity index (χ1) is 9.63. The molecule has 0 bridgehead atoms. The van der Waals surface area contributed by atoms with Crippen LogP contribution < -0.4 is 4.74 Å². The monoisotopic (exact) mass is 274 g/mol. The van der Waals surface area contributed by atoms with E-state index in [0.717, 1.165) is 25.2 Å². The van der Waals surface area contributed by atoms with Crippen LogP contribution in [-0.2, 0) is 0 Å². The number of rotatable bonds is 8. The second kappa shape index (κ2) is 8.84. The Morgan fingerprint density at radius 1 is 1.05 bits per heavy atom. The summed E-state index contributed by atoms with van der Waals surface area (Å²) in [5.74, 6) is 1.67. The van der Waals surface area contributed by atoms with Gasteiger partial charge >= 0.3 is 0 Å². The predicted octanol–water partition coefficient (Wildman–Crippen LogP) is 5.94. The number of hydrogen-bond donors (Lipinski definition) is 0. The number of allylic oxidation sites excluding steroid dienone is 2. The van der Waals surface area contributed by atoms with Crippen LogP contribution in [0.2, 0.25) is 0 Å². The molecule has 0 amide bonds. The fourth-order valence-electron chi connectivity index (χ4n) is 2.74. The van der Waals surface area contributed by atoms with Crippen LogP contribution in [0.1, 0.15) is 69.1 Å². The highest BCUT2D eigenvalue weighted by molar-refractivity contribution is 5.43. The quantitative estimate of drug-likeness (QED) is 0.533. The SMILES string of the molecule is CC/C=C\CC(CCC)c1cc(C)c(OCC)cc1C. The van der Waals surface area contributed by atoms with Gasteiger partial charge in [0.2, 0.25) is 0 Å². The van der Waals surface area contributed by atoms with Gasteiger partial charge in [-0.05, 0) is 68.7 Å². The van der Waals surface area contributed by atoms with Crippen molar-refractivity contribution in [2.45, 2.75) is 66.2 Å². The summed E-state index contributed by atoms with van der Waals surface area (Å²) in [4.78, 5) is 0. The normalized spacial score (nSPS) is 12.8.